The van der Waals surface area contributed by atoms with Crippen LogP contribution in [-0.4, -0.2) is 55.6 Å². The van der Waals surface area contributed by atoms with E-state index in [1.807, 2.05) is 6.07 Å². The van der Waals surface area contributed by atoms with E-state index >= 15 is 0 Å². The highest BCUT2D eigenvalue weighted by Crippen LogP contribution is 2.34. The molecule has 33 heavy (non-hydrogen) atoms. The fraction of sp³-hybridized carbons (Fsp3) is 0.261. The van der Waals surface area contributed by atoms with Gasteiger partial charge in [0.1, 0.15) is 5.82 Å². The van der Waals surface area contributed by atoms with Gasteiger partial charge in [0.05, 0.1) is 11.4 Å². The average molecular weight is 473 g/mol. The molecule has 2 N–H and O–H groups in total. The molecule has 2 aromatic rings. The number of nitrogens with one attached hydrogen (secondary N) is 2. The van der Waals surface area contributed by atoms with Gasteiger partial charge in [-0.15, -0.1) is 0 Å². The molecule has 0 aliphatic carbocycles. The number of amides is 1. The molecule has 1 aromatic carbocycles. The summed E-state index contributed by atoms with van der Waals surface area (Å²) in [7, 11) is -2.52. The van der Waals surface area contributed by atoms with E-state index in [1.54, 1.807) is 31.6 Å². The molecule has 1 fully saturated rings. The van der Waals surface area contributed by atoms with Gasteiger partial charge in [-0.3, -0.25) is 9.78 Å². The van der Waals surface area contributed by atoms with E-state index in [2.05, 4.69) is 22.2 Å². The molecule has 0 radical (unpaired) electrons. The first-order valence-corrected chi connectivity index (χ1v) is 11.7. The molecule has 0 bridgehead atoms. The molecule has 1 saturated heterocycles. The highest BCUT2D eigenvalue weighted by atomic mass is 32.2. The normalized spacial score (nSPS) is 19.2. The smallest absolute Gasteiger partial charge is 0.249 e. The minimum absolute atomic E-state index is 0.00158. The molecule has 2 heterocycles. The highest BCUT2D eigenvalue weighted by molar-refractivity contribution is 7.89. The van der Waals surface area contributed by atoms with Crippen LogP contribution in [-0.2, 0) is 19.6 Å². The Kier molecular flexibility index (Phi) is 7.39. The molecular weight excluding hydrogens is 447 g/mol. The summed E-state index contributed by atoms with van der Waals surface area (Å²) >= 11 is 0. The summed E-state index contributed by atoms with van der Waals surface area (Å²) in [5.74, 6) is -1.32. The van der Waals surface area contributed by atoms with Crippen molar-refractivity contribution in [2.24, 2.45) is 0 Å². The number of nitrogens with zero attached hydrogens (tertiary/aromatic N) is 2. The second-order valence-electron chi connectivity index (χ2n) is 7.55. The number of carbonyl (C=O) groups is 2. The van der Waals surface area contributed by atoms with E-state index < -0.39 is 27.3 Å². The largest absolute Gasteiger partial charge is 0.390 e. The van der Waals surface area contributed by atoms with Crippen molar-refractivity contribution in [1.29, 1.82) is 0 Å². The fourth-order valence-electron chi connectivity index (χ4n) is 3.67. The molecule has 1 aromatic heterocycles. The minimum atomic E-state index is -4.20. The number of pyridine rings is 1. The van der Waals surface area contributed by atoms with Crippen LogP contribution in [0, 0.1) is 5.82 Å². The van der Waals surface area contributed by atoms with Gasteiger partial charge in [0, 0.05) is 31.7 Å². The monoisotopic (exact) mass is 472 g/mol. The molecule has 1 amide bonds. The third-order valence-corrected chi connectivity index (χ3v) is 7.45. The van der Waals surface area contributed by atoms with Crippen molar-refractivity contribution in [2.75, 3.05) is 20.1 Å². The van der Waals surface area contributed by atoms with Crippen LogP contribution in [0.3, 0.4) is 0 Å². The Morgan fingerprint density at radius 2 is 2.03 bits per heavy atom. The van der Waals surface area contributed by atoms with Gasteiger partial charge in [0.25, 0.3) is 0 Å². The summed E-state index contributed by atoms with van der Waals surface area (Å²) in [6.07, 6.45) is 5.78. The number of carbonyl (C=O) groups excluding carboxylic acids is 2. The molecule has 1 atom stereocenters. The van der Waals surface area contributed by atoms with Gasteiger partial charge < -0.3 is 15.4 Å². The van der Waals surface area contributed by atoms with E-state index in [0.717, 1.165) is 34.1 Å². The van der Waals surface area contributed by atoms with Crippen LogP contribution in [0.15, 0.2) is 72.0 Å². The first-order chi connectivity index (χ1) is 15.7. The van der Waals surface area contributed by atoms with Crippen LogP contribution in [0.2, 0.25) is 0 Å². The van der Waals surface area contributed by atoms with Gasteiger partial charge in [-0.05, 0) is 60.4 Å². The van der Waals surface area contributed by atoms with Crippen molar-refractivity contribution in [3.63, 3.8) is 0 Å². The average Bonchev–Trinajstić information content (AvgIpc) is 3.28. The van der Waals surface area contributed by atoms with Crippen LogP contribution in [0.25, 0.3) is 5.57 Å². The van der Waals surface area contributed by atoms with Crippen molar-refractivity contribution in [3.05, 3.63) is 78.5 Å². The maximum Gasteiger partial charge on any atom is 0.249 e. The van der Waals surface area contributed by atoms with Gasteiger partial charge in [-0.2, -0.15) is 4.31 Å². The van der Waals surface area contributed by atoms with Crippen LogP contribution in [0.1, 0.15) is 18.4 Å². The van der Waals surface area contributed by atoms with Crippen molar-refractivity contribution in [3.8, 4) is 0 Å². The van der Waals surface area contributed by atoms with E-state index in [0.29, 0.717) is 24.0 Å². The lowest BCUT2D eigenvalue weighted by molar-refractivity contribution is -0.134. The van der Waals surface area contributed by atoms with Crippen molar-refractivity contribution in [2.45, 2.75) is 23.3 Å². The summed E-state index contributed by atoms with van der Waals surface area (Å²) < 4.78 is 40.4. The zero-order valence-corrected chi connectivity index (χ0v) is 18.9. The number of likely N-dealkylation sites (N-methyl/N-ethyl adjacent to an activating group) is 1. The predicted molar refractivity (Wildman–Crippen MR) is 122 cm³/mol. The van der Waals surface area contributed by atoms with E-state index in [4.69, 9.17) is 0 Å². The third kappa shape index (κ3) is 5.01. The number of aromatic nitrogens is 1. The molecular formula is C23H25FN4O4S. The van der Waals surface area contributed by atoms with E-state index in [9.17, 15) is 22.4 Å². The van der Waals surface area contributed by atoms with Gasteiger partial charge in [-0.25, -0.2) is 12.8 Å². The Labute approximate surface area is 192 Å². The molecule has 3 rings (SSSR count). The lowest BCUT2D eigenvalue weighted by Gasteiger charge is -2.31. The zero-order chi connectivity index (χ0) is 24.1. The summed E-state index contributed by atoms with van der Waals surface area (Å²) in [5.41, 5.74) is 0.178. The number of rotatable bonds is 9. The first kappa shape index (κ1) is 24.3. The van der Waals surface area contributed by atoms with Crippen LogP contribution in [0.4, 0.5) is 4.39 Å². The molecule has 0 unspecified atom stereocenters. The predicted octanol–water partition coefficient (Wildman–Crippen LogP) is 1.88. The van der Waals surface area contributed by atoms with Crippen molar-refractivity contribution < 1.29 is 22.4 Å². The van der Waals surface area contributed by atoms with Crippen molar-refractivity contribution in [1.82, 2.24) is 19.9 Å². The Balaban J connectivity index is 1.80. The molecule has 0 spiro atoms. The summed E-state index contributed by atoms with van der Waals surface area (Å²) in [6.45, 7) is 4.01. The van der Waals surface area contributed by atoms with Crippen LogP contribution < -0.4 is 10.6 Å². The summed E-state index contributed by atoms with van der Waals surface area (Å²) in [5, 5.41) is 5.62. The maximum absolute atomic E-state index is 13.3. The maximum atomic E-state index is 13.3. The molecule has 174 valence electrons. The molecule has 1 aliphatic heterocycles. The second kappa shape index (κ2) is 10.1. The first-order valence-electron chi connectivity index (χ1n) is 10.3. The van der Waals surface area contributed by atoms with Gasteiger partial charge in [-0.1, -0.05) is 12.6 Å². The van der Waals surface area contributed by atoms with Crippen molar-refractivity contribution >= 4 is 27.8 Å². The van der Waals surface area contributed by atoms with E-state index in [1.165, 1.54) is 0 Å². The van der Waals surface area contributed by atoms with Crippen LogP contribution >= 0.6 is 0 Å². The SMILES string of the molecule is C=C(/C=C(/CNC(=O)[C@]1(C=O)CCCN1S(=O)(=O)c1ccc(F)cc1)NC)c1cccnc1. The topological polar surface area (TPSA) is 108 Å². The Bertz CT molecular complexity index is 1170. The standard InChI is InChI=1S/C23H25FN4O4S/c1-17(18-5-3-11-26-14-18)13-20(25-2)15-27-22(30)23(16-29)10-4-12-28(23)33(31,32)21-8-6-19(24)7-9-21/h3,5-9,11,13-14,16,25H,1,4,10,12,15H2,2H3,(H,27,30)/b20-13-/t23-/m1/s1. The number of aldehydes is 1. The number of hydrogen-bond acceptors (Lipinski definition) is 6. The van der Waals surface area contributed by atoms with Gasteiger partial charge in [0.2, 0.25) is 15.9 Å². The number of allylic oxidation sites excluding steroid dienone is 2. The Hall–Kier alpha value is -3.37. The third-order valence-electron chi connectivity index (χ3n) is 5.50. The highest BCUT2D eigenvalue weighted by Gasteiger charge is 2.53. The zero-order valence-electron chi connectivity index (χ0n) is 18.1. The van der Waals surface area contributed by atoms with Gasteiger partial charge >= 0.3 is 0 Å². The lowest BCUT2D eigenvalue weighted by atomic mass is 9.98. The fourth-order valence-corrected chi connectivity index (χ4v) is 5.42. The lowest BCUT2D eigenvalue weighted by Crippen LogP contribution is -2.58. The van der Waals surface area contributed by atoms with E-state index in [-0.39, 0.29) is 24.4 Å². The molecule has 8 nitrogen and oxygen atoms in total. The van der Waals surface area contributed by atoms with Crippen LogP contribution in [0.5, 0.6) is 0 Å². The van der Waals surface area contributed by atoms with Gasteiger partial charge in [0.15, 0.2) is 11.8 Å². The Morgan fingerprint density at radius 1 is 1.30 bits per heavy atom. The molecule has 10 heteroatoms. The number of benzene rings is 1. The number of hydrogen-bond donors (Lipinski definition) is 2. The minimum Gasteiger partial charge on any atom is -0.390 e. The quantitative estimate of drug-likeness (QED) is 0.328. The summed E-state index contributed by atoms with van der Waals surface area (Å²) in [6, 6.07) is 7.88. The number of halogens is 1. The molecule has 1 aliphatic rings. The Morgan fingerprint density at radius 3 is 2.64 bits per heavy atom. The second-order valence-corrected chi connectivity index (χ2v) is 9.41. The molecule has 0 saturated carbocycles. The summed E-state index contributed by atoms with van der Waals surface area (Å²) in [4.78, 5) is 29.1. The number of sulfonamides is 1.